The number of alkyl halides is 1. The topological polar surface area (TPSA) is 15.6 Å². The molecule has 2 heterocycles. The summed E-state index contributed by atoms with van der Waals surface area (Å²) >= 11 is 2.50. The highest BCUT2D eigenvalue weighted by atomic mass is 127. The van der Waals surface area contributed by atoms with E-state index in [4.69, 9.17) is 0 Å². The Kier molecular flexibility index (Phi) is 3.10. The minimum absolute atomic E-state index is 0.262. The summed E-state index contributed by atoms with van der Waals surface area (Å²) in [5, 5.41) is 0. The van der Waals surface area contributed by atoms with Crippen molar-refractivity contribution in [2.45, 2.75) is 31.1 Å². The minimum atomic E-state index is 0.262. The molecule has 0 unspecified atom stereocenters. The predicted molar refractivity (Wildman–Crippen MR) is 73.5 cm³/mol. The molecule has 84 valence electrons. The third kappa shape index (κ3) is 2.22. The maximum atomic E-state index is 4.62. The second-order valence-electron chi connectivity index (χ2n) is 5.19. The monoisotopic (exact) mass is 318 g/mol. The number of rotatable bonds is 2. The predicted octanol–water partition coefficient (Wildman–Crippen LogP) is 3.08. The Labute approximate surface area is 106 Å². The van der Waals surface area contributed by atoms with Crippen LogP contribution in [-0.4, -0.2) is 28.1 Å². The Bertz CT molecular complexity index is 303. The fourth-order valence-electron chi connectivity index (χ4n) is 1.84. The number of hydrogen-bond donors (Lipinski definition) is 0. The smallest absolute Gasteiger partial charge is 0.124 e. The molecule has 2 nitrogen and oxygen atoms in total. The van der Waals surface area contributed by atoms with Gasteiger partial charge in [-0.2, -0.15) is 0 Å². The average molecular weight is 318 g/mol. The molecule has 0 saturated carbocycles. The van der Waals surface area contributed by atoms with Crippen molar-refractivity contribution in [3.05, 3.63) is 11.9 Å². The quantitative estimate of drug-likeness (QED) is 0.564. The van der Waals surface area contributed by atoms with E-state index in [1.165, 1.54) is 18.9 Å². The van der Waals surface area contributed by atoms with E-state index in [1.807, 2.05) is 0 Å². The van der Waals surface area contributed by atoms with Crippen molar-refractivity contribution >= 4 is 28.8 Å². The fourth-order valence-corrected chi connectivity index (χ4v) is 2.79. The summed E-state index contributed by atoms with van der Waals surface area (Å²) in [6.07, 6.45) is 5.60. The number of likely N-dealkylation sites (tertiary alicyclic amines) is 1. The molecule has 0 aromatic carbocycles. The first kappa shape index (κ1) is 11.4. The molecular weight excluding hydrogens is 299 g/mol. The van der Waals surface area contributed by atoms with Gasteiger partial charge in [0.25, 0.3) is 0 Å². The summed E-state index contributed by atoms with van der Waals surface area (Å²) in [6.45, 7) is 9.18. The van der Waals surface area contributed by atoms with Crippen LogP contribution in [-0.2, 0) is 0 Å². The average Bonchev–Trinajstić information content (AvgIpc) is 2.15. The van der Waals surface area contributed by atoms with Gasteiger partial charge in [-0.1, -0.05) is 43.4 Å². The lowest BCUT2D eigenvalue weighted by atomic mass is 9.76. The molecule has 2 rings (SSSR count). The van der Waals surface area contributed by atoms with E-state index >= 15 is 0 Å². The molecule has 2 aliphatic heterocycles. The van der Waals surface area contributed by atoms with Crippen LogP contribution >= 0.6 is 22.6 Å². The lowest BCUT2D eigenvalue weighted by Gasteiger charge is -2.40. The Morgan fingerprint density at radius 1 is 1.53 bits per heavy atom. The molecule has 3 heteroatoms. The first-order valence-electron chi connectivity index (χ1n) is 5.66. The normalized spacial score (nSPS) is 31.8. The van der Waals surface area contributed by atoms with Crippen LogP contribution < -0.4 is 0 Å². The summed E-state index contributed by atoms with van der Waals surface area (Å²) in [5.41, 5.74) is 0.262. The van der Waals surface area contributed by atoms with Gasteiger partial charge in [0.15, 0.2) is 0 Å². The highest BCUT2D eigenvalue weighted by Gasteiger charge is 2.31. The standard InChI is InChI=1S/C12H19IN2/c1-9(2)12(3)5-4-11(14-8-12)15-6-10(13)7-15/h4,8-10H,5-7H2,1-3H3/t12-/m0/s1. The zero-order valence-electron chi connectivity index (χ0n) is 9.70. The van der Waals surface area contributed by atoms with Crippen molar-refractivity contribution in [3.63, 3.8) is 0 Å². The van der Waals surface area contributed by atoms with Crippen molar-refractivity contribution in [2.24, 2.45) is 16.3 Å². The van der Waals surface area contributed by atoms with Crippen LogP contribution in [0.3, 0.4) is 0 Å². The SMILES string of the molecule is CC(C)[C@]1(C)C=NC(N2CC(I)C2)=CC1. The van der Waals surface area contributed by atoms with Crippen LogP contribution in [0.25, 0.3) is 0 Å². The first-order chi connectivity index (χ1) is 7.01. The molecule has 0 amide bonds. The van der Waals surface area contributed by atoms with E-state index in [2.05, 4.69) is 65.5 Å². The summed E-state index contributed by atoms with van der Waals surface area (Å²) in [6, 6.07) is 0. The molecule has 1 fully saturated rings. The van der Waals surface area contributed by atoms with Gasteiger partial charge in [-0.3, -0.25) is 0 Å². The van der Waals surface area contributed by atoms with E-state index in [9.17, 15) is 0 Å². The van der Waals surface area contributed by atoms with Crippen molar-refractivity contribution in [1.82, 2.24) is 4.90 Å². The van der Waals surface area contributed by atoms with Crippen LogP contribution in [0.2, 0.25) is 0 Å². The van der Waals surface area contributed by atoms with Gasteiger partial charge in [0.1, 0.15) is 5.82 Å². The molecule has 0 radical (unpaired) electrons. The highest BCUT2D eigenvalue weighted by Crippen LogP contribution is 2.34. The summed E-state index contributed by atoms with van der Waals surface area (Å²) < 4.78 is 0.817. The van der Waals surface area contributed by atoms with E-state index in [0.717, 1.165) is 10.3 Å². The van der Waals surface area contributed by atoms with E-state index in [1.54, 1.807) is 0 Å². The second kappa shape index (κ2) is 4.07. The molecule has 1 saturated heterocycles. The summed E-state index contributed by atoms with van der Waals surface area (Å²) in [4.78, 5) is 6.99. The van der Waals surface area contributed by atoms with Gasteiger partial charge in [0.05, 0.1) is 0 Å². The van der Waals surface area contributed by atoms with Crippen molar-refractivity contribution in [2.75, 3.05) is 13.1 Å². The highest BCUT2D eigenvalue weighted by molar-refractivity contribution is 14.1. The van der Waals surface area contributed by atoms with E-state index in [0.29, 0.717) is 5.92 Å². The lowest BCUT2D eigenvalue weighted by molar-refractivity contribution is 0.246. The maximum absolute atomic E-state index is 4.62. The minimum Gasteiger partial charge on any atom is -0.355 e. The number of hydrogen-bond acceptors (Lipinski definition) is 2. The Hall–Kier alpha value is -0.0600. The molecule has 0 aromatic rings. The molecule has 0 bridgehead atoms. The van der Waals surface area contributed by atoms with Crippen LogP contribution in [0, 0.1) is 11.3 Å². The van der Waals surface area contributed by atoms with Crippen LogP contribution in [0.5, 0.6) is 0 Å². The number of aliphatic imine (C=N–C) groups is 1. The van der Waals surface area contributed by atoms with Crippen LogP contribution in [0.4, 0.5) is 0 Å². The lowest BCUT2D eigenvalue weighted by Crippen LogP contribution is -2.46. The molecular formula is C12H19IN2. The molecule has 0 spiro atoms. The summed E-state index contributed by atoms with van der Waals surface area (Å²) in [7, 11) is 0. The first-order valence-corrected chi connectivity index (χ1v) is 6.90. The van der Waals surface area contributed by atoms with Gasteiger partial charge >= 0.3 is 0 Å². The third-order valence-corrected chi connectivity index (χ3v) is 4.48. The number of allylic oxidation sites excluding steroid dienone is 1. The third-order valence-electron chi connectivity index (χ3n) is 3.70. The maximum Gasteiger partial charge on any atom is 0.124 e. The molecule has 15 heavy (non-hydrogen) atoms. The van der Waals surface area contributed by atoms with Gasteiger partial charge in [0, 0.05) is 28.6 Å². The number of nitrogens with zero attached hydrogens (tertiary/aromatic N) is 2. The van der Waals surface area contributed by atoms with Gasteiger partial charge in [-0.15, -0.1) is 0 Å². The van der Waals surface area contributed by atoms with Crippen LogP contribution in [0.1, 0.15) is 27.2 Å². The molecule has 0 N–H and O–H groups in total. The van der Waals surface area contributed by atoms with Crippen LogP contribution in [0.15, 0.2) is 16.9 Å². The Balaban J connectivity index is 1.99. The van der Waals surface area contributed by atoms with E-state index < -0.39 is 0 Å². The molecule has 0 aromatic heterocycles. The van der Waals surface area contributed by atoms with Gasteiger partial charge in [-0.05, 0) is 18.4 Å². The second-order valence-corrected chi connectivity index (χ2v) is 6.95. The Morgan fingerprint density at radius 2 is 2.20 bits per heavy atom. The van der Waals surface area contributed by atoms with Gasteiger partial charge in [-0.25, -0.2) is 4.99 Å². The van der Waals surface area contributed by atoms with Crippen molar-refractivity contribution < 1.29 is 0 Å². The van der Waals surface area contributed by atoms with Gasteiger partial charge < -0.3 is 4.90 Å². The fraction of sp³-hybridized carbons (Fsp3) is 0.750. The van der Waals surface area contributed by atoms with Crippen molar-refractivity contribution in [1.29, 1.82) is 0 Å². The van der Waals surface area contributed by atoms with Crippen molar-refractivity contribution in [3.8, 4) is 0 Å². The number of halogens is 1. The zero-order chi connectivity index (χ0) is 11.1. The summed E-state index contributed by atoms with van der Waals surface area (Å²) in [5.74, 6) is 1.86. The molecule has 0 aliphatic carbocycles. The van der Waals surface area contributed by atoms with E-state index in [-0.39, 0.29) is 5.41 Å². The largest absolute Gasteiger partial charge is 0.355 e. The molecule has 1 atom stereocenters. The van der Waals surface area contributed by atoms with Gasteiger partial charge in [0.2, 0.25) is 0 Å². The molecule has 2 aliphatic rings. The Morgan fingerprint density at radius 3 is 2.60 bits per heavy atom. The zero-order valence-corrected chi connectivity index (χ0v) is 11.9.